The van der Waals surface area contributed by atoms with Crippen LogP contribution in [0.15, 0.2) is 6.07 Å². The minimum Gasteiger partial charge on any atom is -0.481 e. The van der Waals surface area contributed by atoms with Gasteiger partial charge in [0.05, 0.1) is 19.1 Å². The molecule has 1 fully saturated rings. The van der Waals surface area contributed by atoms with Crippen LogP contribution in [-0.2, 0) is 33.2 Å². The average molecular weight is 618 g/mol. The van der Waals surface area contributed by atoms with Crippen LogP contribution in [0.1, 0.15) is 91.5 Å². The molecule has 1 aliphatic rings. The van der Waals surface area contributed by atoms with Gasteiger partial charge in [-0.3, -0.25) is 4.79 Å². The number of aromatic nitrogens is 1. The first-order chi connectivity index (χ1) is 19.0. The van der Waals surface area contributed by atoms with E-state index < -0.39 is 37.3 Å². The van der Waals surface area contributed by atoms with Gasteiger partial charge in [0.25, 0.3) is 0 Å². The van der Waals surface area contributed by atoms with Crippen LogP contribution in [0.25, 0.3) is 0 Å². The molecule has 0 bridgehead atoms. The van der Waals surface area contributed by atoms with Gasteiger partial charge in [0.1, 0.15) is 11.3 Å². The van der Waals surface area contributed by atoms with Gasteiger partial charge in [-0.1, -0.05) is 34.6 Å². The van der Waals surface area contributed by atoms with Crippen LogP contribution in [0, 0.1) is 11.3 Å². The van der Waals surface area contributed by atoms with Gasteiger partial charge in [0.15, 0.2) is 8.32 Å². The first-order valence-electron chi connectivity index (χ1n) is 14.6. The summed E-state index contributed by atoms with van der Waals surface area (Å²) in [5, 5.41) is 5.77. The molecular formula is C30H50F3N3O5Si. The minimum absolute atomic E-state index is 0.00115. The van der Waals surface area contributed by atoms with Crippen molar-refractivity contribution in [1.29, 1.82) is 0 Å². The first-order valence-corrected chi connectivity index (χ1v) is 17.5. The topological polar surface area (TPSA) is 98.8 Å². The monoisotopic (exact) mass is 617 g/mol. The summed E-state index contributed by atoms with van der Waals surface area (Å²) < 4.78 is 58.0. The van der Waals surface area contributed by atoms with Gasteiger partial charge in [0, 0.05) is 18.2 Å². The Morgan fingerprint density at radius 2 is 1.76 bits per heavy atom. The number of carbonyl (C=O) groups excluding carboxylic acids is 2. The molecule has 0 spiro atoms. The molecule has 1 saturated carbocycles. The molecule has 12 heteroatoms. The lowest BCUT2D eigenvalue weighted by atomic mass is 9.74. The van der Waals surface area contributed by atoms with Crippen LogP contribution < -0.4 is 15.4 Å². The molecule has 1 aliphatic carbocycles. The minimum atomic E-state index is -4.65. The summed E-state index contributed by atoms with van der Waals surface area (Å²) in [7, 11) is -0.989. The molecule has 2 N–H and O–H groups in total. The molecule has 2 amide bonds. The Morgan fingerprint density at radius 3 is 2.26 bits per heavy atom. The van der Waals surface area contributed by atoms with Crippen molar-refractivity contribution in [2.45, 2.75) is 124 Å². The maximum Gasteiger partial charge on any atom is 0.433 e. The van der Waals surface area contributed by atoms with E-state index in [1.54, 1.807) is 20.8 Å². The molecule has 0 radical (unpaired) electrons. The van der Waals surface area contributed by atoms with Gasteiger partial charge in [-0.15, -0.1) is 0 Å². The number of carbonyl (C=O) groups is 2. The van der Waals surface area contributed by atoms with Gasteiger partial charge >= 0.3 is 12.3 Å². The Kier molecular flexibility index (Phi) is 11.2. The van der Waals surface area contributed by atoms with Crippen molar-refractivity contribution in [3.63, 3.8) is 0 Å². The highest BCUT2D eigenvalue weighted by atomic mass is 28.4. The number of ether oxygens (including phenoxy) is 2. The number of hydrogen-bond acceptors (Lipinski definition) is 6. The molecular weight excluding hydrogens is 567 g/mol. The predicted molar refractivity (Wildman–Crippen MR) is 159 cm³/mol. The summed E-state index contributed by atoms with van der Waals surface area (Å²) in [6, 6.07) is 0.818. The Hall–Kier alpha value is -2.34. The maximum atomic E-state index is 13.7. The van der Waals surface area contributed by atoms with E-state index in [1.165, 1.54) is 7.11 Å². The number of nitrogens with one attached hydrogen (secondary N) is 2. The van der Waals surface area contributed by atoms with Crippen LogP contribution in [0.3, 0.4) is 0 Å². The molecule has 1 heterocycles. The van der Waals surface area contributed by atoms with E-state index >= 15 is 0 Å². The first kappa shape index (κ1) is 35.9. The fourth-order valence-electron chi connectivity index (χ4n) is 4.93. The van der Waals surface area contributed by atoms with Crippen LogP contribution >= 0.6 is 0 Å². The fourth-order valence-corrected chi connectivity index (χ4v) is 5.88. The van der Waals surface area contributed by atoms with E-state index in [1.807, 2.05) is 26.9 Å². The maximum absolute atomic E-state index is 13.7. The van der Waals surface area contributed by atoms with E-state index in [0.717, 1.165) is 6.07 Å². The summed E-state index contributed by atoms with van der Waals surface area (Å²) in [6.07, 6.45) is -3.26. The molecule has 0 aliphatic heterocycles. The number of alkyl halides is 3. The van der Waals surface area contributed by atoms with Gasteiger partial charge < -0.3 is 24.5 Å². The van der Waals surface area contributed by atoms with Gasteiger partial charge in [-0.25, -0.2) is 9.78 Å². The number of rotatable bonds is 10. The highest BCUT2D eigenvalue weighted by molar-refractivity contribution is 6.74. The van der Waals surface area contributed by atoms with Crippen LogP contribution in [0.4, 0.5) is 18.0 Å². The second-order valence-corrected chi connectivity index (χ2v) is 18.9. The molecule has 2 atom stereocenters. The normalized spacial score (nSPS) is 20.0. The second-order valence-electron chi connectivity index (χ2n) is 14.1. The average Bonchev–Trinajstić information content (AvgIpc) is 3.25. The number of hydrogen-bond donors (Lipinski definition) is 2. The fraction of sp³-hybridized carbons (Fsp3) is 0.767. The molecule has 2 rings (SSSR count). The zero-order chi connectivity index (χ0) is 32.3. The lowest BCUT2D eigenvalue weighted by molar-refractivity contribution is -0.141. The molecule has 0 saturated heterocycles. The third-order valence-corrected chi connectivity index (χ3v) is 13.0. The molecule has 0 unspecified atom stereocenters. The third-order valence-electron chi connectivity index (χ3n) is 8.55. The molecule has 0 aromatic carbocycles. The summed E-state index contributed by atoms with van der Waals surface area (Å²) >= 11 is 0. The van der Waals surface area contributed by atoms with Crippen molar-refractivity contribution in [3.8, 4) is 5.88 Å². The molecule has 240 valence electrons. The summed E-state index contributed by atoms with van der Waals surface area (Å²) in [6.45, 7) is 19.7. The Morgan fingerprint density at radius 1 is 1.14 bits per heavy atom. The zero-order valence-electron chi connectivity index (χ0n) is 27.1. The van der Waals surface area contributed by atoms with E-state index in [-0.39, 0.29) is 48.4 Å². The number of alkyl carbamates (subject to hydrolysis) is 1. The van der Waals surface area contributed by atoms with Gasteiger partial charge in [-0.05, 0) is 82.1 Å². The SMILES string of the molecule is COc1nc(C(F)(F)F)cc(CO[Si](C)(C)C(C)(C)C)c1CCNC(=O)[C@@]1(C(C)C)CC[C@@H](NC(=O)OC(C)(C)C)C1. The standard InChI is InChI=1S/C30H50F3N3O5Si/c1-19(2)29(14-12-21(17-29)35-26(38)41-27(3,4)5)25(37)34-15-13-22-20(18-40-42(10,11)28(6,7)8)16-23(30(31,32)33)36-24(22)39-9/h16,19,21H,12-15,17-18H2,1-11H3,(H,34,37)(H,35,38)/t21-,29+/m1/s1. The second kappa shape index (κ2) is 13.1. The predicted octanol–water partition coefficient (Wildman–Crippen LogP) is 7.01. The largest absolute Gasteiger partial charge is 0.481 e. The van der Waals surface area contributed by atoms with Crippen molar-refractivity contribution in [3.05, 3.63) is 22.9 Å². The van der Waals surface area contributed by atoms with E-state index in [0.29, 0.717) is 30.4 Å². The highest BCUT2D eigenvalue weighted by Gasteiger charge is 2.48. The van der Waals surface area contributed by atoms with Crippen molar-refractivity contribution in [2.75, 3.05) is 13.7 Å². The van der Waals surface area contributed by atoms with Crippen LogP contribution in [0.5, 0.6) is 5.88 Å². The summed E-state index contributed by atoms with van der Waals surface area (Å²) in [5.41, 5.74) is -1.56. The number of halogens is 3. The van der Waals surface area contributed by atoms with E-state index in [2.05, 4.69) is 36.4 Å². The number of pyridine rings is 1. The van der Waals surface area contributed by atoms with Crippen LogP contribution in [-0.4, -0.2) is 50.6 Å². The smallest absolute Gasteiger partial charge is 0.433 e. The third kappa shape index (κ3) is 9.08. The molecule has 1 aromatic rings. The molecule has 8 nitrogen and oxygen atoms in total. The van der Waals surface area contributed by atoms with Crippen LogP contribution in [0.2, 0.25) is 18.1 Å². The van der Waals surface area contributed by atoms with E-state index in [9.17, 15) is 22.8 Å². The number of methoxy groups -OCH3 is 1. The van der Waals surface area contributed by atoms with Crippen molar-refractivity contribution in [2.24, 2.45) is 11.3 Å². The molecule has 42 heavy (non-hydrogen) atoms. The number of amides is 2. The zero-order valence-corrected chi connectivity index (χ0v) is 28.1. The van der Waals surface area contributed by atoms with E-state index in [4.69, 9.17) is 13.9 Å². The number of nitrogens with zero attached hydrogens (tertiary/aromatic N) is 1. The Bertz CT molecular complexity index is 1110. The summed E-state index contributed by atoms with van der Waals surface area (Å²) in [4.78, 5) is 29.6. The Balaban J connectivity index is 2.23. The summed E-state index contributed by atoms with van der Waals surface area (Å²) in [5.74, 6) is -0.281. The Labute approximate surface area is 250 Å². The highest BCUT2D eigenvalue weighted by Crippen LogP contribution is 2.45. The lowest BCUT2D eigenvalue weighted by Gasteiger charge is -2.36. The van der Waals surface area contributed by atoms with Crippen molar-refractivity contribution < 1.29 is 36.7 Å². The molecule has 1 aromatic heterocycles. The van der Waals surface area contributed by atoms with Gasteiger partial charge in [-0.2, -0.15) is 13.2 Å². The van der Waals surface area contributed by atoms with Gasteiger partial charge in [0.2, 0.25) is 11.8 Å². The lowest BCUT2D eigenvalue weighted by Crippen LogP contribution is -2.45. The quantitative estimate of drug-likeness (QED) is 0.274. The van der Waals surface area contributed by atoms with Crippen molar-refractivity contribution in [1.82, 2.24) is 15.6 Å². The van der Waals surface area contributed by atoms with Crippen molar-refractivity contribution >= 4 is 20.3 Å².